The number of aliphatic hydroxyl groups excluding tert-OH is 1. The molecule has 2 atom stereocenters. The fourth-order valence-electron chi connectivity index (χ4n) is 3.02. The molecule has 1 fully saturated rings. The van der Waals surface area contributed by atoms with Crippen molar-refractivity contribution in [3.63, 3.8) is 0 Å². The summed E-state index contributed by atoms with van der Waals surface area (Å²) >= 11 is 0. The van der Waals surface area contributed by atoms with E-state index in [9.17, 15) is 14.7 Å². The zero-order valence-electron chi connectivity index (χ0n) is 13.4. The molecular weight excluding hydrogens is 278 g/mol. The number of rotatable bonds is 5. The molecule has 1 aromatic rings. The highest BCUT2D eigenvalue weighted by atomic mass is 16.3. The zero-order chi connectivity index (χ0) is 16.1. The minimum Gasteiger partial charge on any atom is -0.391 e. The minimum atomic E-state index is -0.517. The SMILES string of the molecule is Cc1ccc(C(=O)CCC(=O)N2CCCCC2C(C)O)cc1. The van der Waals surface area contributed by atoms with Gasteiger partial charge in [0, 0.05) is 24.9 Å². The second-order valence-corrected chi connectivity index (χ2v) is 6.18. The first-order valence-electron chi connectivity index (χ1n) is 8.06. The molecule has 0 aromatic heterocycles. The van der Waals surface area contributed by atoms with Crippen LogP contribution in [0.3, 0.4) is 0 Å². The smallest absolute Gasteiger partial charge is 0.223 e. The van der Waals surface area contributed by atoms with Gasteiger partial charge in [0.1, 0.15) is 0 Å². The Kier molecular flexibility index (Phi) is 5.72. The number of carbonyl (C=O) groups excluding carboxylic acids is 2. The van der Waals surface area contributed by atoms with Crippen LogP contribution in [0.1, 0.15) is 54.9 Å². The Labute approximate surface area is 132 Å². The first-order valence-corrected chi connectivity index (χ1v) is 8.06. The van der Waals surface area contributed by atoms with Crippen molar-refractivity contribution in [1.29, 1.82) is 0 Å². The van der Waals surface area contributed by atoms with Crippen LogP contribution < -0.4 is 0 Å². The Morgan fingerprint density at radius 1 is 1.23 bits per heavy atom. The van der Waals surface area contributed by atoms with Crippen LogP contribution >= 0.6 is 0 Å². The van der Waals surface area contributed by atoms with Gasteiger partial charge < -0.3 is 10.0 Å². The van der Waals surface area contributed by atoms with Crippen molar-refractivity contribution in [2.75, 3.05) is 6.54 Å². The molecule has 1 N–H and O–H groups in total. The Balaban J connectivity index is 1.91. The molecule has 0 radical (unpaired) electrons. The number of likely N-dealkylation sites (tertiary alicyclic amines) is 1. The van der Waals surface area contributed by atoms with E-state index in [0.717, 1.165) is 24.8 Å². The number of aliphatic hydroxyl groups is 1. The second-order valence-electron chi connectivity index (χ2n) is 6.18. The maximum atomic E-state index is 12.4. The Hall–Kier alpha value is -1.68. The van der Waals surface area contributed by atoms with Gasteiger partial charge in [-0.1, -0.05) is 29.8 Å². The molecule has 4 heteroatoms. The number of nitrogens with zero attached hydrogens (tertiary/aromatic N) is 1. The molecule has 1 aliphatic heterocycles. The van der Waals surface area contributed by atoms with Gasteiger partial charge in [-0.15, -0.1) is 0 Å². The van der Waals surface area contributed by atoms with Crippen molar-refractivity contribution in [2.24, 2.45) is 0 Å². The number of Topliss-reactive ketones (excluding diaryl/α,β-unsaturated/α-hetero) is 1. The van der Waals surface area contributed by atoms with Gasteiger partial charge in [0.25, 0.3) is 0 Å². The second kappa shape index (κ2) is 7.54. The van der Waals surface area contributed by atoms with Crippen molar-refractivity contribution >= 4 is 11.7 Å². The van der Waals surface area contributed by atoms with Crippen LogP contribution in [0.4, 0.5) is 0 Å². The van der Waals surface area contributed by atoms with Crippen molar-refractivity contribution in [3.05, 3.63) is 35.4 Å². The standard InChI is InChI=1S/C18H25NO3/c1-13-6-8-15(9-7-13)17(21)10-11-18(22)19-12-4-3-5-16(19)14(2)20/h6-9,14,16,20H,3-5,10-12H2,1-2H3. The molecule has 120 valence electrons. The fraction of sp³-hybridized carbons (Fsp3) is 0.556. The predicted molar refractivity (Wildman–Crippen MR) is 85.8 cm³/mol. The summed E-state index contributed by atoms with van der Waals surface area (Å²) in [6.45, 7) is 4.39. The van der Waals surface area contributed by atoms with Crippen molar-refractivity contribution < 1.29 is 14.7 Å². The predicted octanol–water partition coefficient (Wildman–Crippen LogP) is 2.72. The lowest BCUT2D eigenvalue weighted by Crippen LogP contribution is -2.48. The molecule has 2 rings (SSSR count). The van der Waals surface area contributed by atoms with Crippen LogP contribution in [-0.2, 0) is 4.79 Å². The van der Waals surface area contributed by atoms with Gasteiger partial charge in [-0.2, -0.15) is 0 Å². The molecule has 1 aliphatic rings. The van der Waals surface area contributed by atoms with E-state index in [-0.39, 0.29) is 30.6 Å². The molecular formula is C18H25NO3. The highest BCUT2D eigenvalue weighted by molar-refractivity contribution is 5.98. The molecule has 2 unspecified atom stereocenters. The lowest BCUT2D eigenvalue weighted by Gasteiger charge is -2.37. The number of aryl methyl sites for hydroxylation is 1. The van der Waals surface area contributed by atoms with E-state index < -0.39 is 6.10 Å². The average molecular weight is 303 g/mol. The van der Waals surface area contributed by atoms with Crippen molar-refractivity contribution in [1.82, 2.24) is 4.90 Å². The monoisotopic (exact) mass is 303 g/mol. The van der Waals surface area contributed by atoms with Gasteiger partial charge in [0.05, 0.1) is 12.1 Å². The maximum absolute atomic E-state index is 12.4. The zero-order valence-corrected chi connectivity index (χ0v) is 13.4. The summed E-state index contributed by atoms with van der Waals surface area (Å²) < 4.78 is 0. The summed E-state index contributed by atoms with van der Waals surface area (Å²) in [4.78, 5) is 26.3. The Bertz CT molecular complexity index is 522. The van der Waals surface area contributed by atoms with E-state index in [0.29, 0.717) is 12.1 Å². The van der Waals surface area contributed by atoms with Crippen LogP contribution in [0.2, 0.25) is 0 Å². The van der Waals surface area contributed by atoms with E-state index >= 15 is 0 Å². The van der Waals surface area contributed by atoms with Crippen LogP contribution in [0.25, 0.3) is 0 Å². The highest BCUT2D eigenvalue weighted by Gasteiger charge is 2.29. The van der Waals surface area contributed by atoms with E-state index in [1.165, 1.54) is 0 Å². The number of amides is 1. The van der Waals surface area contributed by atoms with Gasteiger partial charge in [-0.05, 0) is 33.1 Å². The largest absolute Gasteiger partial charge is 0.391 e. The third-order valence-corrected chi connectivity index (χ3v) is 4.37. The topological polar surface area (TPSA) is 57.6 Å². The molecule has 1 amide bonds. The third kappa shape index (κ3) is 4.17. The highest BCUT2D eigenvalue weighted by Crippen LogP contribution is 2.21. The normalized spacial score (nSPS) is 19.8. The fourth-order valence-corrected chi connectivity index (χ4v) is 3.02. The lowest BCUT2D eigenvalue weighted by atomic mass is 9.97. The van der Waals surface area contributed by atoms with Crippen molar-refractivity contribution in [3.8, 4) is 0 Å². The number of hydrogen-bond acceptors (Lipinski definition) is 3. The molecule has 1 aromatic carbocycles. The van der Waals surface area contributed by atoms with Crippen LogP contribution in [0.5, 0.6) is 0 Å². The maximum Gasteiger partial charge on any atom is 0.223 e. The first-order chi connectivity index (χ1) is 10.5. The summed E-state index contributed by atoms with van der Waals surface area (Å²) in [6.07, 6.45) is 2.79. The summed E-state index contributed by atoms with van der Waals surface area (Å²) in [5, 5.41) is 9.82. The summed E-state index contributed by atoms with van der Waals surface area (Å²) in [6, 6.07) is 7.33. The van der Waals surface area contributed by atoms with Gasteiger partial charge >= 0.3 is 0 Å². The summed E-state index contributed by atoms with van der Waals surface area (Å²) in [7, 11) is 0. The van der Waals surface area contributed by atoms with E-state index in [2.05, 4.69) is 0 Å². The molecule has 4 nitrogen and oxygen atoms in total. The number of piperidine rings is 1. The lowest BCUT2D eigenvalue weighted by molar-refractivity contribution is -0.137. The van der Waals surface area contributed by atoms with Gasteiger partial charge in [-0.3, -0.25) is 9.59 Å². The third-order valence-electron chi connectivity index (χ3n) is 4.37. The Morgan fingerprint density at radius 3 is 2.55 bits per heavy atom. The van der Waals surface area contributed by atoms with Crippen LogP contribution in [-0.4, -0.2) is 40.4 Å². The minimum absolute atomic E-state index is 0.000966. The molecule has 0 spiro atoms. The Morgan fingerprint density at radius 2 is 1.91 bits per heavy atom. The van der Waals surface area contributed by atoms with Gasteiger partial charge in [-0.25, -0.2) is 0 Å². The number of ketones is 1. The molecule has 0 bridgehead atoms. The molecule has 1 heterocycles. The average Bonchev–Trinajstić information content (AvgIpc) is 2.53. The quantitative estimate of drug-likeness (QED) is 0.851. The van der Waals surface area contributed by atoms with E-state index in [1.54, 1.807) is 11.8 Å². The first kappa shape index (κ1) is 16.7. The summed E-state index contributed by atoms with van der Waals surface area (Å²) in [5.74, 6) is -0.0231. The van der Waals surface area contributed by atoms with E-state index in [1.807, 2.05) is 31.2 Å². The molecule has 1 saturated heterocycles. The molecule has 0 aliphatic carbocycles. The van der Waals surface area contributed by atoms with E-state index in [4.69, 9.17) is 0 Å². The number of hydrogen-bond donors (Lipinski definition) is 1. The summed E-state index contributed by atoms with van der Waals surface area (Å²) in [5.41, 5.74) is 1.77. The van der Waals surface area contributed by atoms with Gasteiger partial charge in [0.2, 0.25) is 5.91 Å². The molecule has 22 heavy (non-hydrogen) atoms. The van der Waals surface area contributed by atoms with Gasteiger partial charge in [0.15, 0.2) is 5.78 Å². The van der Waals surface area contributed by atoms with Crippen molar-refractivity contribution in [2.45, 2.75) is 58.1 Å². The number of benzene rings is 1. The number of carbonyl (C=O) groups is 2. The van der Waals surface area contributed by atoms with Crippen LogP contribution in [0.15, 0.2) is 24.3 Å². The van der Waals surface area contributed by atoms with Crippen LogP contribution in [0, 0.1) is 6.92 Å². The molecule has 0 saturated carbocycles.